The van der Waals surface area contributed by atoms with Gasteiger partial charge in [-0.15, -0.1) is 0 Å². The summed E-state index contributed by atoms with van der Waals surface area (Å²) in [5.74, 6) is -0.0232. The summed E-state index contributed by atoms with van der Waals surface area (Å²) in [6.45, 7) is 8.71. The molecule has 3 aromatic rings. The number of fused-ring (bicyclic) bond motifs is 1. The first-order valence-corrected chi connectivity index (χ1v) is 10.7. The van der Waals surface area contributed by atoms with Gasteiger partial charge < -0.3 is 15.4 Å². The van der Waals surface area contributed by atoms with Crippen molar-refractivity contribution in [3.63, 3.8) is 0 Å². The Morgan fingerprint density at radius 2 is 1.66 bits per heavy atom. The molecule has 0 spiro atoms. The molecule has 3 aromatic carbocycles. The Balaban J connectivity index is 1.89. The second-order valence-corrected chi connectivity index (χ2v) is 8.85. The second-order valence-electron chi connectivity index (χ2n) is 8.85. The van der Waals surface area contributed by atoms with Crippen LogP contribution in [0.4, 0.5) is 20.2 Å². The summed E-state index contributed by atoms with van der Waals surface area (Å²) in [5, 5.41) is 6.97. The maximum absolute atomic E-state index is 14.2. The molecule has 0 saturated heterocycles. The first kappa shape index (κ1) is 21.9. The monoisotopic (exact) mass is 434 g/mol. The number of hydrogen-bond donors (Lipinski definition) is 2. The van der Waals surface area contributed by atoms with Gasteiger partial charge in [-0.05, 0) is 86.4 Å². The Hall–Kier alpha value is -3.34. The largest absolute Gasteiger partial charge is 0.496 e. The Morgan fingerprint density at radius 1 is 0.938 bits per heavy atom. The fourth-order valence-corrected chi connectivity index (χ4v) is 4.49. The van der Waals surface area contributed by atoms with Gasteiger partial charge in [0.2, 0.25) is 0 Å². The molecule has 0 amide bonds. The molecule has 5 heteroatoms. The minimum atomic E-state index is -0.329. The van der Waals surface area contributed by atoms with Gasteiger partial charge in [-0.3, -0.25) is 0 Å². The maximum Gasteiger partial charge on any atom is 0.126 e. The highest BCUT2D eigenvalue weighted by atomic mass is 19.1. The van der Waals surface area contributed by atoms with E-state index in [9.17, 15) is 8.78 Å². The Kier molecular flexibility index (Phi) is 5.68. The molecule has 2 N–H and O–H groups in total. The van der Waals surface area contributed by atoms with Crippen molar-refractivity contribution in [3.8, 4) is 16.9 Å². The molecule has 0 aliphatic carbocycles. The summed E-state index contributed by atoms with van der Waals surface area (Å²) in [6, 6.07) is 13.3. The molecule has 0 saturated carbocycles. The van der Waals surface area contributed by atoms with Crippen LogP contribution in [0, 0.1) is 18.6 Å². The highest BCUT2D eigenvalue weighted by molar-refractivity contribution is 5.88. The molecule has 0 bridgehead atoms. The summed E-state index contributed by atoms with van der Waals surface area (Å²) in [7, 11) is 1.58. The summed E-state index contributed by atoms with van der Waals surface area (Å²) in [4.78, 5) is 0. The standard InChI is InChI=1S/C27H28F2N2O/c1-16-6-7-19(29)13-24(16)30-15-22-20(21-12-18(28)8-11-25(21)32-5)9-10-23-26(22)17(2)14-27(3,4)31-23/h6-14,30-31H,15H2,1-5H3. The van der Waals surface area contributed by atoms with Gasteiger partial charge in [0.05, 0.1) is 12.6 Å². The minimum absolute atomic E-state index is 0.182. The van der Waals surface area contributed by atoms with E-state index in [0.717, 1.165) is 39.2 Å². The summed E-state index contributed by atoms with van der Waals surface area (Å²) in [6.07, 6.45) is 2.19. The van der Waals surface area contributed by atoms with Crippen LogP contribution in [0.5, 0.6) is 5.75 Å². The third kappa shape index (κ3) is 4.20. The van der Waals surface area contributed by atoms with Gasteiger partial charge in [0.25, 0.3) is 0 Å². The Labute approximate surface area is 188 Å². The number of allylic oxidation sites excluding steroid dienone is 1. The van der Waals surface area contributed by atoms with E-state index in [1.807, 2.05) is 19.1 Å². The molecule has 1 heterocycles. The smallest absolute Gasteiger partial charge is 0.126 e. The van der Waals surface area contributed by atoms with Crippen LogP contribution in [0.15, 0.2) is 54.6 Å². The van der Waals surface area contributed by atoms with E-state index in [1.165, 1.54) is 24.3 Å². The molecule has 3 nitrogen and oxygen atoms in total. The Morgan fingerprint density at radius 3 is 2.41 bits per heavy atom. The van der Waals surface area contributed by atoms with Crippen LogP contribution in [0.1, 0.15) is 37.5 Å². The molecule has 0 atom stereocenters. The Bertz CT molecular complexity index is 1210. The lowest BCUT2D eigenvalue weighted by Gasteiger charge is -2.33. The number of hydrogen-bond acceptors (Lipinski definition) is 3. The average Bonchev–Trinajstić information content (AvgIpc) is 2.73. The number of halogens is 2. The number of methoxy groups -OCH3 is 1. The van der Waals surface area contributed by atoms with Crippen molar-refractivity contribution in [1.82, 2.24) is 0 Å². The fraction of sp³-hybridized carbons (Fsp3) is 0.259. The van der Waals surface area contributed by atoms with Crippen LogP contribution < -0.4 is 15.4 Å². The zero-order chi connectivity index (χ0) is 23.0. The quantitative estimate of drug-likeness (QED) is 0.447. The summed E-state index contributed by atoms with van der Waals surface area (Å²) < 4.78 is 33.6. The van der Waals surface area contributed by atoms with Gasteiger partial charge in [0.1, 0.15) is 17.4 Å². The number of rotatable bonds is 5. The average molecular weight is 435 g/mol. The molecule has 0 unspecified atom stereocenters. The van der Waals surface area contributed by atoms with Crippen molar-refractivity contribution in [2.75, 3.05) is 17.7 Å². The highest BCUT2D eigenvalue weighted by Crippen LogP contribution is 2.42. The lowest BCUT2D eigenvalue weighted by molar-refractivity contribution is 0.415. The first-order valence-electron chi connectivity index (χ1n) is 10.7. The molecule has 1 aliphatic rings. The van der Waals surface area contributed by atoms with Gasteiger partial charge >= 0.3 is 0 Å². The number of anilines is 2. The molecule has 4 rings (SSSR count). The van der Waals surface area contributed by atoms with Crippen LogP contribution in [0.2, 0.25) is 0 Å². The number of benzene rings is 3. The van der Waals surface area contributed by atoms with E-state index < -0.39 is 0 Å². The van der Waals surface area contributed by atoms with Crippen molar-refractivity contribution >= 4 is 16.9 Å². The number of aryl methyl sites for hydroxylation is 1. The van der Waals surface area contributed by atoms with Crippen molar-refractivity contribution < 1.29 is 13.5 Å². The van der Waals surface area contributed by atoms with Crippen molar-refractivity contribution in [2.24, 2.45) is 0 Å². The molecule has 1 aliphatic heterocycles. The van der Waals surface area contributed by atoms with E-state index >= 15 is 0 Å². The van der Waals surface area contributed by atoms with Crippen molar-refractivity contribution in [2.45, 2.75) is 39.8 Å². The van der Waals surface area contributed by atoms with Crippen LogP contribution in [0.25, 0.3) is 16.7 Å². The van der Waals surface area contributed by atoms with Gasteiger partial charge in [0.15, 0.2) is 0 Å². The predicted molar refractivity (Wildman–Crippen MR) is 128 cm³/mol. The molecule has 0 aromatic heterocycles. The fourth-order valence-electron chi connectivity index (χ4n) is 4.49. The third-order valence-corrected chi connectivity index (χ3v) is 5.85. The first-order chi connectivity index (χ1) is 15.2. The van der Waals surface area contributed by atoms with E-state index in [4.69, 9.17) is 4.74 Å². The lowest BCUT2D eigenvalue weighted by Crippen LogP contribution is -2.32. The van der Waals surface area contributed by atoms with Crippen molar-refractivity contribution in [3.05, 3.63) is 82.9 Å². The van der Waals surface area contributed by atoms with Crippen molar-refractivity contribution in [1.29, 1.82) is 0 Å². The highest BCUT2D eigenvalue weighted by Gasteiger charge is 2.26. The molecule has 166 valence electrons. The van der Waals surface area contributed by atoms with Gasteiger partial charge in [0, 0.05) is 29.0 Å². The van der Waals surface area contributed by atoms with E-state index in [2.05, 4.69) is 37.5 Å². The zero-order valence-corrected chi connectivity index (χ0v) is 19.1. The molecule has 0 fully saturated rings. The lowest BCUT2D eigenvalue weighted by atomic mass is 9.85. The van der Waals surface area contributed by atoms with E-state index in [-0.39, 0.29) is 17.2 Å². The minimum Gasteiger partial charge on any atom is -0.496 e. The second kappa shape index (κ2) is 8.30. The molecular formula is C27H28F2N2O. The predicted octanol–water partition coefficient (Wildman–Crippen LogP) is 7.17. The molecular weight excluding hydrogens is 406 g/mol. The van der Waals surface area contributed by atoms with Crippen LogP contribution in [0.3, 0.4) is 0 Å². The van der Waals surface area contributed by atoms with Crippen LogP contribution >= 0.6 is 0 Å². The van der Waals surface area contributed by atoms with Gasteiger partial charge in [-0.1, -0.05) is 18.2 Å². The summed E-state index contributed by atoms with van der Waals surface area (Å²) >= 11 is 0. The zero-order valence-electron chi connectivity index (χ0n) is 19.1. The van der Waals surface area contributed by atoms with Gasteiger partial charge in [-0.25, -0.2) is 8.78 Å². The molecule has 32 heavy (non-hydrogen) atoms. The number of nitrogens with one attached hydrogen (secondary N) is 2. The molecule has 0 radical (unpaired) electrons. The SMILES string of the molecule is COc1ccc(F)cc1-c1ccc2c(c1CNc1cc(F)ccc1C)C(C)=CC(C)(C)N2. The number of ether oxygens (including phenoxy) is 1. The van der Waals surface area contributed by atoms with Crippen LogP contribution in [-0.4, -0.2) is 12.6 Å². The summed E-state index contributed by atoms with van der Waals surface area (Å²) in [5.41, 5.74) is 7.26. The van der Waals surface area contributed by atoms with E-state index in [1.54, 1.807) is 19.2 Å². The normalized spacial score (nSPS) is 14.3. The van der Waals surface area contributed by atoms with Crippen LogP contribution in [-0.2, 0) is 6.54 Å². The topological polar surface area (TPSA) is 33.3 Å². The third-order valence-electron chi connectivity index (χ3n) is 5.85. The van der Waals surface area contributed by atoms with E-state index in [0.29, 0.717) is 17.9 Å². The maximum atomic E-state index is 14.2. The van der Waals surface area contributed by atoms with Gasteiger partial charge in [-0.2, -0.15) is 0 Å².